The molecule has 0 unspecified atom stereocenters. The summed E-state index contributed by atoms with van der Waals surface area (Å²) in [5.41, 5.74) is 4.44. The van der Waals surface area contributed by atoms with Crippen molar-refractivity contribution >= 4 is 45.5 Å². The molecule has 2 heterocycles. The molecular formula is C21H22N4OS2. The van der Waals surface area contributed by atoms with E-state index in [9.17, 15) is 4.79 Å². The molecule has 0 spiro atoms. The van der Waals surface area contributed by atoms with E-state index in [0.29, 0.717) is 0 Å². The van der Waals surface area contributed by atoms with Crippen molar-refractivity contribution in [3.8, 4) is 0 Å². The molecule has 2 atom stereocenters. The lowest BCUT2D eigenvalue weighted by molar-refractivity contribution is -0.118. The van der Waals surface area contributed by atoms with Gasteiger partial charge < -0.3 is 10.2 Å². The smallest absolute Gasteiger partial charge is 0.240 e. The van der Waals surface area contributed by atoms with E-state index >= 15 is 0 Å². The van der Waals surface area contributed by atoms with E-state index in [1.807, 2.05) is 42.2 Å². The summed E-state index contributed by atoms with van der Waals surface area (Å²) in [5, 5.41) is 12.2. The third-order valence-electron chi connectivity index (χ3n) is 4.75. The summed E-state index contributed by atoms with van der Waals surface area (Å²) in [4.78, 5) is 15.0. The number of carbonyl (C=O) groups is 1. The SMILES string of the molecule is Cc1cccc(Nc2nnc(S[C@H](C)C(=O)N3c4ccccc4C[C@@H]3C)s2)c1. The number of para-hydroxylation sites is 1. The predicted octanol–water partition coefficient (Wildman–Crippen LogP) is 5.05. The Bertz CT molecular complexity index is 1000. The van der Waals surface area contributed by atoms with Gasteiger partial charge in [0, 0.05) is 17.4 Å². The fraction of sp³-hybridized carbons (Fsp3) is 0.286. The van der Waals surface area contributed by atoms with Crippen molar-refractivity contribution in [2.75, 3.05) is 10.2 Å². The van der Waals surface area contributed by atoms with Gasteiger partial charge in [-0.2, -0.15) is 0 Å². The van der Waals surface area contributed by atoms with Crippen LogP contribution < -0.4 is 10.2 Å². The van der Waals surface area contributed by atoms with E-state index in [2.05, 4.69) is 47.6 Å². The number of aryl methyl sites for hydroxylation is 1. The van der Waals surface area contributed by atoms with Gasteiger partial charge in [0.2, 0.25) is 11.0 Å². The molecule has 4 rings (SSSR count). The lowest BCUT2D eigenvalue weighted by Crippen LogP contribution is -2.40. The monoisotopic (exact) mass is 410 g/mol. The molecule has 1 aromatic heterocycles. The first kappa shape index (κ1) is 19.0. The Kier molecular flexibility index (Phi) is 5.37. The van der Waals surface area contributed by atoms with Crippen molar-refractivity contribution < 1.29 is 4.79 Å². The van der Waals surface area contributed by atoms with Gasteiger partial charge in [0.15, 0.2) is 4.34 Å². The summed E-state index contributed by atoms with van der Waals surface area (Å²) in [6.45, 7) is 6.09. The van der Waals surface area contributed by atoms with Gasteiger partial charge in [-0.05, 0) is 56.5 Å². The first-order valence-electron chi connectivity index (χ1n) is 9.26. The normalized spacial score (nSPS) is 16.7. The van der Waals surface area contributed by atoms with Gasteiger partial charge in [0.25, 0.3) is 0 Å². The second-order valence-corrected chi connectivity index (χ2v) is 9.58. The minimum Gasteiger partial charge on any atom is -0.330 e. The highest BCUT2D eigenvalue weighted by Crippen LogP contribution is 2.36. The van der Waals surface area contributed by atoms with Gasteiger partial charge in [0.05, 0.1) is 5.25 Å². The van der Waals surface area contributed by atoms with Crippen LogP contribution >= 0.6 is 23.1 Å². The van der Waals surface area contributed by atoms with E-state index in [1.165, 1.54) is 34.2 Å². The minimum absolute atomic E-state index is 0.117. The molecule has 2 aromatic carbocycles. The zero-order chi connectivity index (χ0) is 19.7. The molecular weight excluding hydrogens is 388 g/mol. The Balaban J connectivity index is 1.43. The van der Waals surface area contributed by atoms with Crippen LogP contribution in [0.2, 0.25) is 0 Å². The number of rotatable bonds is 5. The highest BCUT2D eigenvalue weighted by atomic mass is 32.2. The fourth-order valence-corrected chi connectivity index (χ4v) is 5.42. The van der Waals surface area contributed by atoms with E-state index in [4.69, 9.17) is 0 Å². The highest BCUT2D eigenvalue weighted by Gasteiger charge is 2.33. The van der Waals surface area contributed by atoms with E-state index in [-0.39, 0.29) is 17.2 Å². The summed E-state index contributed by atoms with van der Waals surface area (Å²) >= 11 is 2.93. The Morgan fingerprint density at radius 3 is 2.89 bits per heavy atom. The Hall–Kier alpha value is -2.38. The van der Waals surface area contributed by atoms with Crippen molar-refractivity contribution in [2.45, 2.75) is 42.8 Å². The molecule has 0 bridgehead atoms. The van der Waals surface area contributed by atoms with E-state index in [0.717, 1.165) is 27.3 Å². The van der Waals surface area contributed by atoms with Gasteiger partial charge in [-0.15, -0.1) is 10.2 Å². The van der Waals surface area contributed by atoms with Crippen molar-refractivity contribution in [3.63, 3.8) is 0 Å². The van der Waals surface area contributed by atoms with Crippen LogP contribution in [-0.2, 0) is 11.2 Å². The van der Waals surface area contributed by atoms with Gasteiger partial charge in [-0.1, -0.05) is 53.4 Å². The molecule has 0 saturated heterocycles. The van der Waals surface area contributed by atoms with Crippen LogP contribution in [0.5, 0.6) is 0 Å². The van der Waals surface area contributed by atoms with Gasteiger partial charge >= 0.3 is 0 Å². The molecule has 0 fully saturated rings. The molecule has 0 aliphatic carbocycles. The van der Waals surface area contributed by atoms with Crippen LogP contribution in [0.4, 0.5) is 16.5 Å². The lowest BCUT2D eigenvalue weighted by Gasteiger charge is -2.25. The second-order valence-electron chi connectivity index (χ2n) is 7.02. The number of benzene rings is 2. The molecule has 5 nitrogen and oxygen atoms in total. The Morgan fingerprint density at radius 2 is 2.07 bits per heavy atom. The third-order valence-corrected chi connectivity index (χ3v) is 6.76. The molecule has 0 saturated carbocycles. The molecule has 1 aliphatic rings. The topological polar surface area (TPSA) is 58.1 Å². The maximum Gasteiger partial charge on any atom is 0.240 e. The van der Waals surface area contributed by atoms with Gasteiger partial charge in [-0.25, -0.2) is 0 Å². The van der Waals surface area contributed by atoms with Crippen LogP contribution in [-0.4, -0.2) is 27.4 Å². The second kappa shape index (κ2) is 7.93. The zero-order valence-corrected chi connectivity index (χ0v) is 17.7. The number of nitrogens with zero attached hydrogens (tertiary/aromatic N) is 3. The summed E-state index contributed by atoms with van der Waals surface area (Å²) in [6, 6.07) is 16.5. The molecule has 1 aliphatic heterocycles. The molecule has 3 aromatic rings. The van der Waals surface area contributed by atoms with E-state index < -0.39 is 0 Å². The van der Waals surface area contributed by atoms with Crippen molar-refractivity contribution in [1.82, 2.24) is 10.2 Å². The number of aromatic nitrogens is 2. The molecule has 0 radical (unpaired) electrons. The number of amides is 1. The van der Waals surface area contributed by atoms with Crippen LogP contribution in [0, 0.1) is 6.92 Å². The maximum atomic E-state index is 13.1. The quantitative estimate of drug-likeness (QED) is 0.597. The number of thioether (sulfide) groups is 1. The van der Waals surface area contributed by atoms with Gasteiger partial charge in [0.1, 0.15) is 0 Å². The Labute approximate surface area is 173 Å². The standard InChI is InChI=1S/C21H22N4OS2/c1-13-7-6-9-17(11-13)22-20-23-24-21(28-20)27-15(3)19(26)25-14(2)12-16-8-4-5-10-18(16)25/h4-11,14-15H,12H2,1-3H3,(H,22,23)/t14-,15+/m0/s1. The van der Waals surface area contributed by atoms with Crippen LogP contribution in [0.25, 0.3) is 0 Å². The Morgan fingerprint density at radius 1 is 1.25 bits per heavy atom. The van der Waals surface area contributed by atoms with Crippen molar-refractivity contribution in [2.24, 2.45) is 0 Å². The first-order valence-corrected chi connectivity index (χ1v) is 11.0. The number of anilines is 3. The average molecular weight is 411 g/mol. The number of carbonyl (C=O) groups excluding carboxylic acids is 1. The average Bonchev–Trinajstić information content (AvgIpc) is 3.24. The van der Waals surface area contributed by atoms with Crippen LogP contribution in [0.3, 0.4) is 0 Å². The largest absolute Gasteiger partial charge is 0.330 e. The van der Waals surface area contributed by atoms with Crippen molar-refractivity contribution in [1.29, 1.82) is 0 Å². The lowest BCUT2D eigenvalue weighted by atomic mass is 10.1. The summed E-state index contributed by atoms with van der Waals surface area (Å²) in [7, 11) is 0. The van der Waals surface area contributed by atoms with Crippen molar-refractivity contribution in [3.05, 3.63) is 59.7 Å². The molecule has 1 N–H and O–H groups in total. The number of hydrogen-bond acceptors (Lipinski definition) is 6. The fourth-order valence-electron chi connectivity index (χ4n) is 3.45. The number of fused-ring (bicyclic) bond motifs is 1. The highest BCUT2D eigenvalue weighted by molar-refractivity contribution is 8.02. The first-order chi connectivity index (χ1) is 13.5. The minimum atomic E-state index is -0.228. The van der Waals surface area contributed by atoms with E-state index in [1.54, 1.807) is 0 Å². The summed E-state index contributed by atoms with van der Waals surface area (Å²) in [5.74, 6) is 0.117. The van der Waals surface area contributed by atoms with Gasteiger partial charge in [-0.3, -0.25) is 4.79 Å². The summed E-state index contributed by atoms with van der Waals surface area (Å²) < 4.78 is 0.788. The molecule has 28 heavy (non-hydrogen) atoms. The molecule has 144 valence electrons. The zero-order valence-electron chi connectivity index (χ0n) is 16.0. The molecule has 1 amide bonds. The maximum absolute atomic E-state index is 13.1. The number of nitrogens with one attached hydrogen (secondary N) is 1. The number of hydrogen-bond donors (Lipinski definition) is 1. The summed E-state index contributed by atoms with van der Waals surface area (Å²) in [6.07, 6.45) is 0.905. The van der Waals surface area contributed by atoms with Crippen LogP contribution in [0.15, 0.2) is 52.9 Å². The third kappa shape index (κ3) is 3.91. The molecule has 7 heteroatoms. The van der Waals surface area contributed by atoms with Crippen LogP contribution in [0.1, 0.15) is 25.0 Å². The predicted molar refractivity (Wildman–Crippen MR) is 117 cm³/mol.